The fraction of sp³-hybridized carbons (Fsp3) is 0.500. The average Bonchev–Trinajstić information content (AvgIpc) is 2.66. The molecule has 1 heterocycles. The van der Waals surface area contributed by atoms with Crippen LogP contribution in [0, 0.1) is 5.92 Å². The van der Waals surface area contributed by atoms with Gasteiger partial charge in [0.15, 0.2) is 11.9 Å². The Morgan fingerprint density at radius 2 is 2.00 bits per heavy atom. The Kier molecular flexibility index (Phi) is 8.01. The first kappa shape index (κ1) is 22.4. The average molecular weight is 406 g/mol. The summed E-state index contributed by atoms with van der Waals surface area (Å²) in [5, 5.41) is 0. The first-order chi connectivity index (χ1) is 13.2. The van der Waals surface area contributed by atoms with E-state index in [9.17, 15) is 8.42 Å². The van der Waals surface area contributed by atoms with Gasteiger partial charge in [-0.15, -0.1) is 0 Å². The third kappa shape index (κ3) is 6.60. The third-order valence-corrected chi connectivity index (χ3v) is 6.05. The predicted octanol–water partition coefficient (Wildman–Crippen LogP) is 4.09. The van der Waals surface area contributed by atoms with Crippen LogP contribution in [0.2, 0.25) is 0 Å². The molecule has 1 aliphatic rings. The molecule has 1 aliphatic heterocycles. The highest BCUT2D eigenvalue weighted by Crippen LogP contribution is 2.22. The molecule has 2 atom stereocenters. The Morgan fingerprint density at radius 3 is 2.61 bits per heavy atom. The topological polar surface area (TPSA) is 60.6 Å². The molecule has 0 saturated heterocycles. The SMILES string of the molecule is CC[N+]1=C(C/C=C/C(C)c2ccc(N(C)CCS(=O)(=O)O)cc2)C(C)CC=C1. The second-order valence-electron chi connectivity index (χ2n) is 7.52. The van der Waals surface area contributed by atoms with Gasteiger partial charge in [0.2, 0.25) is 0 Å². The van der Waals surface area contributed by atoms with Gasteiger partial charge in [-0.05, 0) is 43.0 Å². The Bertz CT molecular complexity index is 839. The van der Waals surface area contributed by atoms with Gasteiger partial charge in [-0.1, -0.05) is 38.1 Å². The van der Waals surface area contributed by atoms with Crippen molar-refractivity contribution in [2.75, 3.05) is 30.8 Å². The van der Waals surface area contributed by atoms with Crippen LogP contribution in [-0.4, -0.2) is 49.1 Å². The maximum absolute atomic E-state index is 10.9. The monoisotopic (exact) mass is 405 g/mol. The number of allylic oxidation sites excluding steroid dienone is 3. The van der Waals surface area contributed by atoms with Gasteiger partial charge in [0, 0.05) is 31.6 Å². The molecule has 0 amide bonds. The number of rotatable bonds is 9. The van der Waals surface area contributed by atoms with Gasteiger partial charge in [-0.2, -0.15) is 8.42 Å². The fourth-order valence-electron chi connectivity index (χ4n) is 3.45. The number of benzene rings is 1. The van der Waals surface area contributed by atoms with Crippen LogP contribution in [0.25, 0.3) is 0 Å². The molecule has 2 unspecified atom stereocenters. The fourth-order valence-corrected chi connectivity index (χ4v) is 3.96. The third-order valence-electron chi connectivity index (χ3n) is 5.35. The maximum Gasteiger partial charge on any atom is 0.266 e. The zero-order valence-corrected chi connectivity index (χ0v) is 18.2. The molecule has 6 heteroatoms. The lowest BCUT2D eigenvalue weighted by Gasteiger charge is -2.19. The summed E-state index contributed by atoms with van der Waals surface area (Å²) in [5.74, 6) is 0.621. The zero-order chi connectivity index (χ0) is 20.7. The van der Waals surface area contributed by atoms with Crippen molar-refractivity contribution in [3.63, 3.8) is 0 Å². The number of anilines is 1. The molecule has 2 rings (SSSR count). The van der Waals surface area contributed by atoms with Gasteiger partial charge in [0.1, 0.15) is 6.54 Å². The van der Waals surface area contributed by atoms with E-state index in [1.54, 1.807) is 0 Å². The molecule has 5 nitrogen and oxygen atoms in total. The molecular formula is C22H33N2O3S+. The van der Waals surface area contributed by atoms with Crippen LogP contribution in [-0.2, 0) is 10.1 Å². The minimum Gasteiger partial charge on any atom is -0.373 e. The molecule has 0 aliphatic carbocycles. The molecule has 154 valence electrons. The largest absolute Gasteiger partial charge is 0.373 e. The number of hydrogen-bond acceptors (Lipinski definition) is 3. The Balaban J connectivity index is 1.97. The lowest BCUT2D eigenvalue weighted by Crippen LogP contribution is -2.25. The van der Waals surface area contributed by atoms with Crippen molar-refractivity contribution in [2.45, 2.75) is 39.5 Å². The van der Waals surface area contributed by atoms with Crippen LogP contribution in [0.5, 0.6) is 0 Å². The zero-order valence-electron chi connectivity index (χ0n) is 17.4. The first-order valence-electron chi connectivity index (χ1n) is 9.93. The van der Waals surface area contributed by atoms with Crippen LogP contribution < -0.4 is 4.90 Å². The summed E-state index contributed by atoms with van der Waals surface area (Å²) in [6.07, 6.45) is 11.1. The lowest BCUT2D eigenvalue weighted by atomic mass is 9.94. The van der Waals surface area contributed by atoms with E-state index in [0.717, 1.165) is 25.1 Å². The van der Waals surface area contributed by atoms with Gasteiger partial charge < -0.3 is 4.90 Å². The molecule has 1 aromatic carbocycles. The van der Waals surface area contributed by atoms with E-state index in [1.807, 2.05) is 24.1 Å². The summed E-state index contributed by atoms with van der Waals surface area (Å²) in [4.78, 5) is 1.83. The first-order valence-corrected chi connectivity index (χ1v) is 11.5. The summed E-state index contributed by atoms with van der Waals surface area (Å²) < 4.78 is 33.0. The smallest absolute Gasteiger partial charge is 0.266 e. The van der Waals surface area contributed by atoms with Crippen LogP contribution in [0.15, 0.2) is 48.7 Å². The summed E-state index contributed by atoms with van der Waals surface area (Å²) in [5.41, 5.74) is 3.63. The molecule has 0 radical (unpaired) electrons. The molecular weight excluding hydrogens is 372 g/mol. The Labute approximate surface area is 169 Å². The van der Waals surface area contributed by atoms with Gasteiger partial charge in [-0.3, -0.25) is 4.55 Å². The molecule has 1 aromatic rings. The van der Waals surface area contributed by atoms with Crippen molar-refractivity contribution in [2.24, 2.45) is 5.92 Å². The lowest BCUT2D eigenvalue weighted by molar-refractivity contribution is -0.458. The van der Waals surface area contributed by atoms with Crippen molar-refractivity contribution in [3.8, 4) is 0 Å². The van der Waals surface area contributed by atoms with Crippen molar-refractivity contribution in [3.05, 3.63) is 54.3 Å². The summed E-state index contributed by atoms with van der Waals surface area (Å²) in [7, 11) is -2.12. The summed E-state index contributed by atoms with van der Waals surface area (Å²) >= 11 is 0. The van der Waals surface area contributed by atoms with Gasteiger partial charge in [0.25, 0.3) is 10.1 Å². The van der Waals surface area contributed by atoms with Crippen LogP contribution in [0.1, 0.15) is 45.1 Å². The normalized spacial score (nSPS) is 18.7. The van der Waals surface area contributed by atoms with Gasteiger partial charge in [0.05, 0.1) is 5.75 Å². The van der Waals surface area contributed by atoms with Crippen LogP contribution >= 0.6 is 0 Å². The van der Waals surface area contributed by atoms with E-state index in [1.165, 1.54) is 11.3 Å². The standard InChI is InChI=1S/C22H32N2O3S/c1-5-24-15-7-9-19(3)22(24)10-6-8-18(2)20-11-13-21(14-12-20)23(4)16-17-28(25,26)27/h6-8,11-15,18-19H,5,9-10,16-17H2,1-4H3/p+1/b8-6+. The minimum absolute atomic E-state index is 0.257. The van der Waals surface area contributed by atoms with Gasteiger partial charge in [-0.25, -0.2) is 4.58 Å². The number of nitrogens with zero attached hydrogens (tertiary/aromatic N) is 2. The highest BCUT2D eigenvalue weighted by Gasteiger charge is 2.21. The molecule has 0 fully saturated rings. The predicted molar refractivity (Wildman–Crippen MR) is 117 cm³/mol. The molecule has 0 spiro atoms. The van der Waals surface area contributed by atoms with Crippen molar-refractivity contribution in [1.29, 1.82) is 0 Å². The van der Waals surface area contributed by atoms with E-state index < -0.39 is 10.1 Å². The highest BCUT2D eigenvalue weighted by atomic mass is 32.2. The second kappa shape index (κ2) is 10.0. The highest BCUT2D eigenvalue weighted by molar-refractivity contribution is 7.85. The maximum atomic E-state index is 10.9. The van der Waals surface area contributed by atoms with Crippen molar-refractivity contribution < 1.29 is 17.5 Å². The molecule has 0 saturated carbocycles. The van der Waals surface area contributed by atoms with E-state index in [2.05, 4.69) is 61.9 Å². The van der Waals surface area contributed by atoms with Crippen molar-refractivity contribution >= 4 is 21.5 Å². The second-order valence-corrected chi connectivity index (χ2v) is 9.09. The van der Waals surface area contributed by atoms with Gasteiger partial charge >= 0.3 is 0 Å². The van der Waals surface area contributed by atoms with Crippen LogP contribution in [0.3, 0.4) is 0 Å². The van der Waals surface area contributed by atoms with E-state index in [0.29, 0.717) is 11.8 Å². The van der Waals surface area contributed by atoms with E-state index in [4.69, 9.17) is 4.55 Å². The Morgan fingerprint density at radius 1 is 1.32 bits per heavy atom. The molecule has 28 heavy (non-hydrogen) atoms. The number of hydrogen-bond donors (Lipinski definition) is 1. The molecule has 1 N–H and O–H groups in total. The van der Waals surface area contributed by atoms with E-state index >= 15 is 0 Å². The van der Waals surface area contributed by atoms with Crippen molar-refractivity contribution in [1.82, 2.24) is 0 Å². The van der Waals surface area contributed by atoms with E-state index in [-0.39, 0.29) is 12.3 Å². The minimum atomic E-state index is -3.94. The summed E-state index contributed by atoms with van der Waals surface area (Å²) in [6, 6.07) is 8.13. The van der Waals surface area contributed by atoms with Crippen LogP contribution in [0.4, 0.5) is 5.69 Å². The molecule has 0 aromatic heterocycles. The summed E-state index contributed by atoms with van der Waals surface area (Å²) in [6.45, 7) is 7.91. The quantitative estimate of drug-likeness (QED) is 0.382. The Hall–Kier alpha value is -1.92. The molecule has 0 bridgehead atoms.